The smallest absolute Gasteiger partial charge is 0.304 e. The van der Waals surface area contributed by atoms with Gasteiger partial charge in [-0.05, 0) is 11.6 Å². The number of carboxylic acid groups (broad SMARTS) is 1. The Morgan fingerprint density at radius 2 is 1.92 bits per heavy atom. The summed E-state index contributed by atoms with van der Waals surface area (Å²) in [6.07, 6.45) is -7.65. The summed E-state index contributed by atoms with van der Waals surface area (Å²) in [7, 11) is 0. The Bertz CT molecular complexity index is 707. The van der Waals surface area contributed by atoms with Gasteiger partial charge in [-0.3, -0.25) is 9.59 Å². The van der Waals surface area contributed by atoms with Crippen LogP contribution in [0, 0.1) is 0 Å². The van der Waals surface area contributed by atoms with Gasteiger partial charge in [0.05, 0.1) is 24.6 Å². The predicted octanol–water partition coefficient (Wildman–Crippen LogP) is -1.62. The molecule has 2 aliphatic heterocycles. The van der Waals surface area contributed by atoms with Crippen LogP contribution < -0.4 is 10.1 Å². The number of fused-ring (bicyclic) bond motifs is 1. The van der Waals surface area contributed by atoms with Gasteiger partial charge in [0, 0.05) is 0 Å². The van der Waals surface area contributed by atoms with Crippen LogP contribution in [0.1, 0.15) is 17.9 Å². The fourth-order valence-corrected chi connectivity index (χ4v) is 3.09. The van der Waals surface area contributed by atoms with Crippen LogP contribution in [0.25, 0.3) is 0 Å². The van der Waals surface area contributed by atoms with Crippen molar-refractivity contribution in [3.63, 3.8) is 0 Å². The third-order valence-corrected chi connectivity index (χ3v) is 4.47. The quantitative estimate of drug-likeness (QED) is 0.357. The number of rotatable bonds is 5. The molecule has 0 aromatic heterocycles. The molecule has 10 heteroatoms. The molecule has 0 aliphatic carbocycles. The van der Waals surface area contributed by atoms with Crippen LogP contribution >= 0.6 is 0 Å². The highest BCUT2D eigenvalue weighted by atomic mass is 16.7. The molecular weight excluding hydrogens is 350 g/mol. The van der Waals surface area contributed by atoms with E-state index in [1.165, 1.54) is 6.07 Å². The molecule has 2 aliphatic rings. The number of carbonyl (C=O) groups excluding carboxylic acids is 1. The van der Waals surface area contributed by atoms with Crippen molar-refractivity contribution >= 4 is 17.6 Å². The maximum Gasteiger partial charge on any atom is 0.304 e. The SMILES string of the molecule is O=C(O)CC1C(=O)Nc2c(O[C@@H]3O[C@H](CO)[C@@H](O)[C@H](O)[C@H]3O)cccc21. The normalized spacial score (nSPS) is 33.5. The Morgan fingerprint density at radius 3 is 2.58 bits per heavy atom. The van der Waals surface area contributed by atoms with E-state index in [2.05, 4.69) is 5.32 Å². The molecule has 142 valence electrons. The molecule has 1 unspecified atom stereocenters. The van der Waals surface area contributed by atoms with Crippen molar-refractivity contribution < 1.29 is 44.6 Å². The van der Waals surface area contributed by atoms with Crippen LogP contribution in [0.3, 0.4) is 0 Å². The molecule has 0 spiro atoms. The fourth-order valence-electron chi connectivity index (χ4n) is 3.09. The Hall–Kier alpha value is -2.24. The van der Waals surface area contributed by atoms with Crippen molar-refractivity contribution in [1.82, 2.24) is 0 Å². The van der Waals surface area contributed by atoms with Gasteiger partial charge in [-0.25, -0.2) is 0 Å². The summed E-state index contributed by atoms with van der Waals surface area (Å²) in [4.78, 5) is 23.0. The Morgan fingerprint density at radius 1 is 1.19 bits per heavy atom. The first kappa shape index (κ1) is 18.5. The van der Waals surface area contributed by atoms with Gasteiger partial charge in [-0.15, -0.1) is 0 Å². The molecule has 1 aromatic rings. The Labute approximate surface area is 147 Å². The fraction of sp³-hybridized carbons (Fsp3) is 0.500. The summed E-state index contributed by atoms with van der Waals surface area (Å²) < 4.78 is 10.8. The number of carboxylic acids is 1. The summed E-state index contributed by atoms with van der Waals surface area (Å²) in [5, 5.41) is 50.4. The number of aliphatic hydroxyl groups is 4. The second-order valence-corrected chi connectivity index (χ2v) is 6.18. The number of para-hydroxylation sites is 1. The summed E-state index contributed by atoms with van der Waals surface area (Å²) >= 11 is 0. The highest BCUT2D eigenvalue weighted by Crippen LogP contribution is 2.41. The van der Waals surface area contributed by atoms with Gasteiger partial charge in [-0.1, -0.05) is 12.1 Å². The highest BCUT2D eigenvalue weighted by Gasteiger charge is 2.45. The van der Waals surface area contributed by atoms with Crippen LogP contribution in [0.15, 0.2) is 18.2 Å². The lowest BCUT2D eigenvalue weighted by atomic mass is 9.97. The molecule has 26 heavy (non-hydrogen) atoms. The zero-order valence-corrected chi connectivity index (χ0v) is 13.5. The van der Waals surface area contributed by atoms with Crippen LogP contribution in [0.4, 0.5) is 5.69 Å². The van der Waals surface area contributed by atoms with Crippen molar-refractivity contribution in [2.24, 2.45) is 0 Å². The van der Waals surface area contributed by atoms with Crippen molar-refractivity contribution in [3.8, 4) is 5.75 Å². The van der Waals surface area contributed by atoms with Crippen LogP contribution in [0.5, 0.6) is 5.75 Å². The summed E-state index contributed by atoms with van der Waals surface area (Å²) in [5.41, 5.74) is 0.681. The van der Waals surface area contributed by atoms with Gasteiger partial charge in [-0.2, -0.15) is 0 Å². The second kappa shape index (κ2) is 7.17. The summed E-state index contributed by atoms with van der Waals surface area (Å²) in [6.45, 7) is -0.602. The number of hydrogen-bond donors (Lipinski definition) is 6. The minimum absolute atomic E-state index is 0.105. The molecule has 0 saturated carbocycles. The summed E-state index contributed by atoms with van der Waals surface area (Å²) in [5.74, 6) is -2.39. The minimum Gasteiger partial charge on any atom is -0.481 e. The number of carbonyl (C=O) groups is 2. The van der Waals surface area contributed by atoms with Gasteiger partial charge in [0.25, 0.3) is 0 Å². The number of benzene rings is 1. The standard InChI is InChI=1S/C16H19NO9/c18-5-9-12(21)13(22)14(23)16(26-9)25-8-3-1-2-6-7(4-10(19)20)15(24)17-11(6)8/h1-3,7,9,12-14,16,18,21-23H,4-5H2,(H,17,24)(H,19,20)/t7?,9-,12-,13+,14-,16-/m1/s1. The van der Waals surface area contributed by atoms with Crippen molar-refractivity contribution in [2.75, 3.05) is 11.9 Å². The maximum atomic E-state index is 12.1. The van der Waals surface area contributed by atoms with E-state index in [-0.39, 0.29) is 17.9 Å². The topological polar surface area (TPSA) is 166 Å². The van der Waals surface area contributed by atoms with Crippen LogP contribution in [-0.4, -0.2) is 74.7 Å². The molecule has 1 saturated heterocycles. The predicted molar refractivity (Wildman–Crippen MR) is 84.5 cm³/mol. The molecule has 6 atom stereocenters. The maximum absolute atomic E-state index is 12.1. The zero-order valence-electron chi connectivity index (χ0n) is 13.5. The first-order valence-electron chi connectivity index (χ1n) is 7.96. The lowest BCUT2D eigenvalue weighted by Crippen LogP contribution is -2.60. The van der Waals surface area contributed by atoms with Gasteiger partial charge < -0.3 is 40.3 Å². The lowest BCUT2D eigenvalue weighted by Gasteiger charge is -2.39. The molecule has 1 fully saturated rings. The molecule has 0 bridgehead atoms. The first-order chi connectivity index (χ1) is 12.3. The number of ether oxygens (including phenoxy) is 2. The van der Waals surface area contributed by atoms with Crippen LogP contribution in [0.2, 0.25) is 0 Å². The van der Waals surface area contributed by atoms with E-state index in [1.807, 2.05) is 0 Å². The van der Waals surface area contributed by atoms with E-state index in [9.17, 15) is 30.0 Å². The van der Waals surface area contributed by atoms with Gasteiger partial charge in [0.2, 0.25) is 12.2 Å². The lowest BCUT2D eigenvalue weighted by molar-refractivity contribution is -0.277. The van der Waals surface area contributed by atoms with E-state index in [0.29, 0.717) is 5.56 Å². The molecule has 1 aromatic carbocycles. The van der Waals surface area contributed by atoms with Gasteiger partial charge in [0.15, 0.2) is 0 Å². The number of anilines is 1. The molecule has 0 radical (unpaired) electrons. The molecule has 10 nitrogen and oxygen atoms in total. The average Bonchev–Trinajstić information content (AvgIpc) is 2.91. The van der Waals surface area contributed by atoms with Crippen molar-refractivity contribution in [1.29, 1.82) is 0 Å². The largest absolute Gasteiger partial charge is 0.481 e. The van der Waals surface area contributed by atoms with Gasteiger partial charge in [0.1, 0.15) is 30.2 Å². The minimum atomic E-state index is -1.60. The zero-order chi connectivity index (χ0) is 19.0. The molecular formula is C16H19NO9. The Balaban J connectivity index is 1.85. The van der Waals surface area contributed by atoms with E-state index in [1.54, 1.807) is 12.1 Å². The van der Waals surface area contributed by atoms with E-state index in [0.717, 1.165) is 0 Å². The number of hydrogen-bond acceptors (Lipinski definition) is 8. The number of nitrogens with one attached hydrogen (secondary N) is 1. The number of amides is 1. The van der Waals surface area contributed by atoms with Gasteiger partial charge >= 0.3 is 5.97 Å². The first-order valence-corrected chi connectivity index (χ1v) is 7.96. The highest BCUT2D eigenvalue weighted by molar-refractivity contribution is 6.05. The third-order valence-electron chi connectivity index (χ3n) is 4.47. The molecule has 3 rings (SSSR count). The Kier molecular flexibility index (Phi) is 5.12. The number of aliphatic hydroxyl groups excluding tert-OH is 4. The van der Waals surface area contributed by atoms with E-state index in [4.69, 9.17) is 14.6 Å². The molecule has 6 N–H and O–H groups in total. The van der Waals surface area contributed by atoms with Crippen molar-refractivity contribution in [3.05, 3.63) is 23.8 Å². The van der Waals surface area contributed by atoms with Crippen LogP contribution in [-0.2, 0) is 14.3 Å². The average molecular weight is 369 g/mol. The van der Waals surface area contributed by atoms with Crippen molar-refractivity contribution in [2.45, 2.75) is 43.0 Å². The third kappa shape index (κ3) is 3.24. The number of aliphatic carboxylic acids is 1. The molecule has 1 amide bonds. The van der Waals surface area contributed by atoms with E-state index < -0.39 is 55.1 Å². The van der Waals surface area contributed by atoms with E-state index >= 15 is 0 Å². The summed E-state index contributed by atoms with van der Waals surface area (Å²) in [6, 6.07) is 4.61. The second-order valence-electron chi connectivity index (χ2n) is 6.18. The monoisotopic (exact) mass is 369 g/mol. The molecule has 2 heterocycles.